The van der Waals surface area contributed by atoms with Crippen LogP contribution in [0.3, 0.4) is 0 Å². The Balaban J connectivity index is 2.37. The predicted molar refractivity (Wildman–Crippen MR) is 54.3 cm³/mol. The second-order valence-electron chi connectivity index (χ2n) is 4.51. The lowest BCUT2D eigenvalue weighted by Crippen LogP contribution is -2.35. The standard InChI is InChI=1S/C11H23N/c1-5-10(3)11(4)12-7-6-9(2)8-12/h9-11H,5-8H2,1-4H3. The van der Waals surface area contributed by atoms with E-state index in [0.717, 1.165) is 17.9 Å². The van der Waals surface area contributed by atoms with E-state index in [4.69, 9.17) is 0 Å². The first kappa shape index (κ1) is 10.0. The minimum Gasteiger partial charge on any atom is -0.300 e. The lowest BCUT2D eigenvalue weighted by Gasteiger charge is -2.28. The quantitative estimate of drug-likeness (QED) is 0.628. The summed E-state index contributed by atoms with van der Waals surface area (Å²) in [5, 5.41) is 0. The molecule has 1 nitrogen and oxygen atoms in total. The van der Waals surface area contributed by atoms with Crippen molar-refractivity contribution in [3.63, 3.8) is 0 Å². The molecule has 1 rings (SSSR count). The third-order valence-corrected chi connectivity index (χ3v) is 3.50. The highest BCUT2D eigenvalue weighted by molar-refractivity contribution is 4.79. The second kappa shape index (κ2) is 4.27. The van der Waals surface area contributed by atoms with Crippen molar-refractivity contribution in [2.75, 3.05) is 13.1 Å². The molecule has 0 bridgehead atoms. The zero-order valence-electron chi connectivity index (χ0n) is 9.01. The Kier molecular flexibility index (Phi) is 3.57. The number of hydrogen-bond donors (Lipinski definition) is 0. The normalized spacial score (nSPS) is 30.5. The average molecular weight is 169 g/mol. The van der Waals surface area contributed by atoms with Gasteiger partial charge in [0.25, 0.3) is 0 Å². The van der Waals surface area contributed by atoms with Crippen molar-refractivity contribution in [1.82, 2.24) is 4.90 Å². The van der Waals surface area contributed by atoms with Crippen LogP contribution in [0.5, 0.6) is 0 Å². The Hall–Kier alpha value is -0.0400. The van der Waals surface area contributed by atoms with E-state index in [0.29, 0.717) is 0 Å². The summed E-state index contributed by atoms with van der Waals surface area (Å²) in [7, 11) is 0. The average Bonchev–Trinajstić information content (AvgIpc) is 2.49. The van der Waals surface area contributed by atoms with Crippen LogP contribution >= 0.6 is 0 Å². The fraction of sp³-hybridized carbons (Fsp3) is 1.00. The first-order valence-electron chi connectivity index (χ1n) is 5.39. The molecule has 72 valence electrons. The van der Waals surface area contributed by atoms with Crippen molar-refractivity contribution in [3.8, 4) is 0 Å². The highest BCUT2D eigenvalue weighted by Gasteiger charge is 2.25. The van der Waals surface area contributed by atoms with Crippen molar-refractivity contribution in [2.45, 2.75) is 46.6 Å². The molecular weight excluding hydrogens is 146 g/mol. The third-order valence-electron chi connectivity index (χ3n) is 3.50. The van der Waals surface area contributed by atoms with Gasteiger partial charge in [-0.15, -0.1) is 0 Å². The summed E-state index contributed by atoms with van der Waals surface area (Å²) in [5.74, 6) is 1.78. The summed E-state index contributed by atoms with van der Waals surface area (Å²) >= 11 is 0. The van der Waals surface area contributed by atoms with Crippen molar-refractivity contribution >= 4 is 0 Å². The Morgan fingerprint density at radius 2 is 2.08 bits per heavy atom. The van der Waals surface area contributed by atoms with Crippen molar-refractivity contribution in [3.05, 3.63) is 0 Å². The van der Waals surface area contributed by atoms with E-state index in [1.165, 1.54) is 25.9 Å². The fourth-order valence-electron chi connectivity index (χ4n) is 2.04. The van der Waals surface area contributed by atoms with Crippen LogP contribution in [0.4, 0.5) is 0 Å². The number of nitrogens with zero attached hydrogens (tertiary/aromatic N) is 1. The van der Waals surface area contributed by atoms with Gasteiger partial charge < -0.3 is 4.90 Å². The molecule has 0 spiro atoms. The molecule has 1 aliphatic heterocycles. The summed E-state index contributed by atoms with van der Waals surface area (Å²) in [5.41, 5.74) is 0. The molecule has 1 saturated heterocycles. The van der Waals surface area contributed by atoms with Crippen molar-refractivity contribution in [2.24, 2.45) is 11.8 Å². The van der Waals surface area contributed by atoms with Gasteiger partial charge in [-0.3, -0.25) is 0 Å². The Labute approximate surface area is 77.1 Å². The van der Waals surface area contributed by atoms with Crippen LogP contribution in [-0.2, 0) is 0 Å². The fourth-order valence-corrected chi connectivity index (χ4v) is 2.04. The highest BCUT2D eigenvalue weighted by atomic mass is 15.2. The molecule has 0 amide bonds. The first-order chi connectivity index (χ1) is 5.65. The predicted octanol–water partition coefficient (Wildman–Crippen LogP) is 2.76. The number of hydrogen-bond acceptors (Lipinski definition) is 1. The van der Waals surface area contributed by atoms with Crippen molar-refractivity contribution in [1.29, 1.82) is 0 Å². The molecule has 0 aromatic rings. The Bertz CT molecular complexity index is 133. The topological polar surface area (TPSA) is 3.24 Å². The van der Waals surface area contributed by atoms with Gasteiger partial charge in [-0.1, -0.05) is 27.2 Å². The smallest absolute Gasteiger partial charge is 0.00925 e. The third kappa shape index (κ3) is 2.22. The molecule has 1 aliphatic rings. The molecule has 0 aromatic heterocycles. The maximum Gasteiger partial charge on any atom is 0.00925 e. The molecule has 0 N–H and O–H groups in total. The molecular formula is C11H23N. The van der Waals surface area contributed by atoms with Crippen LogP contribution in [0, 0.1) is 11.8 Å². The number of likely N-dealkylation sites (tertiary alicyclic amines) is 1. The second-order valence-corrected chi connectivity index (χ2v) is 4.51. The molecule has 1 heterocycles. The van der Waals surface area contributed by atoms with E-state index in [1.807, 2.05) is 0 Å². The van der Waals surface area contributed by atoms with Gasteiger partial charge in [0.15, 0.2) is 0 Å². The minimum atomic E-state index is 0.792. The Morgan fingerprint density at radius 1 is 1.42 bits per heavy atom. The summed E-state index contributed by atoms with van der Waals surface area (Å²) in [6.45, 7) is 12.1. The van der Waals surface area contributed by atoms with Gasteiger partial charge in [0.05, 0.1) is 0 Å². The van der Waals surface area contributed by atoms with E-state index in [9.17, 15) is 0 Å². The first-order valence-corrected chi connectivity index (χ1v) is 5.39. The van der Waals surface area contributed by atoms with Crippen molar-refractivity contribution < 1.29 is 0 Å². The molecule has 12 heavy (non-hydrogen) atoms. The summed E-state index contributed by atoms with van der Waals surface area (Å²) in [4.78, 5) is 2.65. The highest BCUT2D eigenvalue weighted by Crippen LogP contribution is 2.22. The zero-order chi connectivity index (χ0) is 9.14. The van der Waals surface area contributed by atoms with Gasteiger partial charge in [0, 0.05) is 12.6 Å². The molecule has 1 heteroatoms. The summed E-state index contributed by atoms with van der Waals surface area (Å²) in [6.07, 6.45) is 2.72. The van der Waals surface area contributed by atoms with E-state index in [2.05, 4.69) is 32.6 Å². The Morgan fingerprint density at radius 3 is 2.50 bits per heavy atom. The minimum absolute atomic E-state index is 0.792. The molecule has 1 fully saturated rings. The van der Waals surface area contributed by atoms with Crippen LogP contribution in [0.15, 0.2) is 0 Å². The van der Waals surface area contributed by atoms with E-state index >= 15 is 0 Å². The molecule has 0 radical (unpaired) electrons. The van der Waals surface area contributed by atoms with Crippen LogP contribution in [-0.4, -0.2) is 24.0 Å². The van der Waals surface area contributed by atoms with E-state index < -0.39 is 0 Å². The van der Waals surface area contributed by atoms with Gasteiger partial charge in [-0.2, -0.15) is 0 Å². The molecule has 0 saturated carbocycles. The van der Waals surface area contributed by atoms with Crippen LogP contribution in [0.25, 0.3) is 0 Å². The van der Waals surface area contributed by atoms with Gasteiger partial charge in [-0.25, -0.2) is 0 Å². The zero-order valence-corrected chi connectivity index (χ0v) is 9.01. The summed E-state index contributed by atoms with van der Waals surface area (Å²) < 4.78 is 0. The van der Waals surface area contributed by atoms with Gasteiger partial charge in [0.1, 0.15) is 0 Å². The largest absolute Gasteiger partial charge is 0.300 e. The molecule has 0 aliphatic carbocycles. The molecule has 0 aromatic carbocycles. The van der Waals surface area contributed by atoms with Crippen LogP contribution in [0.2, 0.25) is 0 Å². The molecule has 3 unspecified atom stereocenters. The maximum absolute atomic E-state index is 2.65. The number of rotatable bonds is 3. The monoisotopic (exact) mass is 169 g/mol. The SMILES string of the molecule is CCC(C)C(C)N1CCC(C)C1. The molecule has 3 atom stereocenters. The van der Waals surface area contributed by atoms with Gasteiger partial charge >= 0.3 is 0 Å². The van der Waals surface area contributed by atoms with E-state index in [-0.39, 0.29) is 0 Å². The lowest BCUT2D eigenvalue weighted by molar-refractivity contribution is 0.190. The van der Waals surface area contributed by atoms with Gasteiger partial charge in [0.2, 0.25) is 0 Å². The van der Waals surface area contributed by atoms with Gasteiger partial charge in [-0.05, 0) is 31.7 Å². The maximum atomic E-state index is 2.65. The van der Waals surface area contributed by atoms with E-state index in [1.54, 1.807) is 0 Å². The summed E-state index contributed by atoms with van der Waals surface area (Å²) in [6, 6.07) is 0.792. The van der Waals surface area contributed by atoms with Crippen LogP contribution in [0.1, 0.15) is 40.5 Å². The van der Waals surface area contributed by atoms with Crippen LogP contribution < -0.4 is 0 Å². The lowest BCUT2D eigenvalue weighted by atomic mass is 10.00.